The summed E-state index contributed by atoms with van der Waals surface area (Å²) >= 11 is 0. The van der Waals surface area contributed by atoms with Crippen LogP contribution in [0.2, 0.25) is 0 Å². The Balaban J connectivity index is 1.79. The van der Waals surface area contributed by atoms with Gasteiger partial charge in [0, 0.05) is 17.5 Å². The number of nitrogens with one attached hydrogen (secondary N) is 2. The molecule has 10 heteroatoms. The second-order valence-electron chi connectivity index (χ2n) is 7.89. The van der Waals surface area contributed by atoms with Gasteiger partial charge in [-0.05, 0) is 59.7 Å². The van der Waals surface area contributed by atoms with Crippen molar-refractivity contribution >= 4 is 23.2 Å². The van der Waals surface area contributed by atoms with Crippen LogP contribution in [-0.4, -0.2) is 31.4 Å². The van der Waals surface area contributed by atoms with Gasteiger partial charge in [-0.15, -0.1) is 0 Å². The Kier molecular flexibility index (Phi) is 6.42. The minimum Gasteiger partial charge on any atom is -0.322 e. The van der Waals surface area contributed by atoms with Gasteiger partial charge < -0.3 is 10.6 Å². The van der Waals surface area contributed by atoms with E-state index in [2.05, 4.69) is 20.8 Å². The van der Waals surface area contributed by atoms with Crippen LogP contribution in [0.15, 0.2) is 24.3 Å². The number of rotatable bonds is 6. The lowest BCUT2D eigenvalue weighted by Crippen LogP contribution is -2.27. The predicted molar refractivity (Wildman–Crippen MR) is 116 cm³/mol. The molecule has 0 saturated heterocycles. The molecule has 0 aliphatic heterocycles. The molecule has 3 aromatic rings. The zero-order chi connectivity index (χ0) is 23.7. The van der Waals surface area contributed by atoms with E-state index in [0.29, 0.717) is 6.07 Å². The number of hydrogen-bond acceptors (Lipinski definition) is 4. The summed E-state index contributed by atoms with van der Waals surface area (Å²) < 4.78 is 31.7. The Bertz CT molecular complexity index is 1100. The highest BCUT2D eigenvalue weighted by molar-refractivity contribution is 5.96. The molecule has 1 aromatic carbocycles. The highest BCUT2D eigenvalue weighted by Gasteiger charge is 2.23. The Morgan fingerprint density at radius 1 is 0.750 bits per heavy atom. The fourth-order valence-electron chi connectivity index (χ4n) is 3.51. The van der Waals surface area contributed by atoms with Gasteiger partial charge in [-0.1, -0.05) is 0 Å². The van der Waals surface area contributed by atoms with E-state index in [1.54, 1.807) is 41.5 Å². The third-order valence-corrected chi connectivity index (χ3v) is 5.15. The molecule has 2 unspecified atom stereocenters. The van der Waals surface area contributed by atoms with E-state index >= 15 is 0 Å². The summed E-state index contributed by atoms with van der Waals surface area (Å²) in [6.45, 7) is 10.5. The second kappa shape index (κ2) is 8.89. The van der Waals surface area contributed by atoms with Gasteiger partial charge in [-0.2, -0.15) is 10.2 Å². The number of nitrogens with zero attached hydrogens (tertiary/aromatic N) is 4. The Morgan fingerprint density at radius 3 is 1.44 bits per heavy atom. The average molecular weight is 444 g/mol. The summed E-state index contributed by atoms with van der Waals surface area (Å²) in [5, 5.41) is 13.4. The zero-order valence-electron chi connectivity index (χ0n) is 18.8. The highest BCUT2D eigenvalue weighted by Crippen LogP contribution is 2.26. The SMILES string of the molecule is Cc1cc(C)n(C(C)C(=O)Nc2cc(NC(=O)C(C)n3nc(C)cc3C)c(F)cc2F)n1. The fraction of sp³-hybridized carbons (Fsp3) is 0.364. The quantitative estimate of drug-likeness (QED) is 0.601. The first kappa shape index (κ1) is 23.1. The van der Waals surface area contributed by atoms with Crippen molar-refractivity contribution in [3.63, 3.8) is 0 Å². The van der Waals surface area contributed by atoms with E-state index in [9.17, 15) is 18.4 Å². The molecule has 8 nitrogen and oxygen atoms in total. The van der Waals surface area contributed by atoms with Gasteiger partial charge in [0.25, 0.3) is 0 Å². The monoisotopic (exact) mass is 444 g/mol. The number of aromatic nitrogens is 4. The zero-order valence-corrected chi connectivity index (χ0v) is 18.8. The summed E-state index contributed by atoms with van der Waals surface area (Å²) in [5.41, 5.74) is 2.54. The summed E-state index contributed by atoms with van der Waals surface area (Å²) in [4.78, 5) is 25.3. The van der Waals surface area contributed by atoms with Gasteiger partial charge in [0.05, 0.1) is 22.8 Å². The van der Waals surface area contributed by atoms with Crippen molar-refractivity contribution in [3.8, 4) is 0 Å². The Hall–Kier alpha value is -3.56. The van der Waals surface area contributed by atoms with Gasteiger partial charge in [0.2, 0.25) is 11.8 Å². The first-order valence-electron chi connectivity index (χ1n) is 10.1. The Labute approximate surface area is 184 Å². The first-order valence-corrected chi connectivity index (χ1v) is 10.1. The maximum Gasteiger partial charge on any atom is 0.249 e. The molecule has 0 bridgehead atoms. The standard InChI is InChI=1S/C22H26F2N6O2/c1-11-7-13(3)29(27-11)15(5)21(31)25-19-10-20(18(24)9-17(19)23)26-22(32)16(6)30-14(4)8-12(2)28-30/h7-10,15-16H,1-6H3,(H,25,31)(H,26,32). The van der Waals surface area contributed by atoms with Gasteiger partial charge in [-0.25, -0.2) is 8.78 Å². The molecule has 2 amide bonds. The summed E-state index contributed by atoms with van der Waals surface area (Å²) in [7, 11) is 0. The molecule has 0 spiro atoms. The van der Waals surface area contributed by atoms with E-state index in [4.69, 9.17) is 0 Å². The molecule has 170 valence electrons. The number of carbonyl (C=O) groups excluding carboxylic acids is 2. The lowest BCUT2D eigenvalue weighted by Gasteiger charge is -2.17. The number of hydrogen-bond donors (Lipinski definition) is 2. The molecule has 0 aliphatic carbocycles. The molecule has 0 aliphatic rings. The van der Waals surface area contributed by atoms with Crippen LogP contribution in [0.25, 0.3) is 0 Å². The van der Waals surface area contributed by atoms with Gasteiger partial charge in [0.1, 0.15) is 23.7 Å². The van der Waals surface area contributed by atoms with E-state index in [-0.39, 0.29) is 11.4 Å². The molecule has 0 saturated carbocycles. The van der Waals surface area contributed by atoms with Crippen LogP contribution in [0.4, 0.5) is 20.2 Å². The van der Waals surface area contributed by atoms with Crippen molar-refractivity contribution in [2.75, 3.05) is 10.6 Å². The number of carbonyl (C=O) groups is 2. The van der Waals surface area contributed by atoms with Crippen LogP contribution in [0.3, 0.4) is 0 Å². The van der Waals surface area contributed by atoms with Crippen molar-refractivity contribution < 1.29 is 18.4 Å². The number of aryl methyl sites for hydroxylation is 4. The molecular weight excluding hydrogens is 418 g/mol. The summed E-state index contributed by atoms with van der Waals surface area (Å²) in [6, 6.07) is 3.87. The fourth-order valence-corrected chi connectivity index (χ4v) is 3.51. The average Bonchev–Trinajstić information content (AvgIpc) is 3.23. The number of amides is 2. The topological polar surface area (TPSA) is 93.8 Å². The number of halogens is 2. The maximum atomic E-state index is 14.4. The molecule has 3 rings (SSSR count). The molecule has 2 heterocycles. The Morgan fingerprint density at radius 2 is 1.12 bits per heavy atom. The van der Waals surface area contributed by atoms with Crippen molar-refractivity contribution in [1.29, 1.82) is 0 Å². The molecule has 2 atom stereocenters. The first-order chi connectivity index (χ1) is 15.0. The van der Waals surface area contributed by atoms with Crippen LogP contribution in [0.5, 0.6) is 0 Å². The van der Waals surface area contributed by atoms with E-state index < -0.39 is 35.5 Å². The van der Waals surface area contributed by atoms with Crippen LogP contribution in [-0.2, 0) is 9.59 Å². The van der Waals surface area contributed by atoms with Gasteiger partial charge in [0.15, 0.2) is 0 Å². The third-order valence-electron chi connectivity index (χ3n) is 5.15. The van der Waals surface area contributed by atoms with Gasteiger partial charge in [-0.3, -0.25) is 19.0 Å². The van der Waals surface area contributed by atoms with E-state index in [1.807, 2.05) is 12.1 Å². The molecule has 0 fully saturated rings. The van der Waals surface area contributed by atoms with Crippen LogP contribution in [0, 0.1) is 39.3 Å². The summed E-state index contributed by atoms with van der Waals surface area (Å²) in [5.74, 6) is -2.98. The molecule has 2 aromatic heterocycles. The summed E-state index contributed by atoms with van der Waals surface area (Å²) in [6.07, 6.45) is 0. The smallest absolute Gasteiger partial charge is 0.249 e. The van der Waals surface area contributed by atoms with Crippen molar-refractivity contribution in [2.45, 2.75) is 53.6 Å². The molecule has 32 heavy (non-hydrogen) atoms. The lowest BCUT2D eigenvalue weighted by atomic mass is 10.2. The van der Waals surface area contributed by atoms with E-state index in [0.717, 1.165) is 28.8 Å². The van der Waals surface area contributed by atoms with Crippen molar-refractivity contribution in [3.05, 3.63) is 58.7 Å². The molecular formula is C22H26F2N6O2. The van der Waals surface area contributed by atoms with Crippen LogP contribution in [0.1, 0.15) is 48.7 Å². The molecule has 2 N–H and O–H groups in total. The van der Waals surface area contributed by atoms with Crippen molar-refractivity contribution in [2.24, 2.45) is 0 Å². The highest BCUT2D eigenvalue weighted by atomic mass is 19.1. The lowest BCUT2D eigenvalue weighted by molar-refractivity contribution is -0.119. The van der Waals surface area contributed by atoms with Crippen LogP contribution < -0.4 is 10.6 Å². The number of anilines is 2. The normalized spacial score (nSPS) is 13.0. The van der Waals surface area contributed by atoms with Crippen molar-refractivity contribution in [1.82, 2.24) is 19.6 Å². The minimum absolute atomic E-state index is 0.251. The third kappa shape index (κ3) is 4.68. The molecule has 0 radical (unpaired) electrons. The minimum atomic E-state index is -0.957. The van der Waals surface area contributed by atoms with Gasteiger partial charge >= 0.3 is 0 Å². The predicted octanol–water partition coefficient (Wildman–Crippen LogP) is 3.99. The van der Waals surface area contributed by atoms with Crippen LogP contribution >= 0.6 is 0 Å². The number of benzene rings is 1. The maximum absolute atomic E-state index is 14.4. The van der Waals surface area contributed by atoms with E-state index in [1.165, 1.54) is 9.36 Å². The largest absolute Gasteiger partial charge is 0.322 e. The second-order valence-corrected chi connectivity index (χ2v) is 7.89.